The molecule has 2 atom stereocenters. The van der Waals surface area contributed by atoms with Crippen molar-refractivity contribution in [1.82, 2.24) is 4.90 Å². The molecule has 2 rings (SSSR count). The number of nitrogens with zero attached hydrogens (tertiary/aromatic N) is 1. The summed E-state index contributed by atoms with van der Waals surface area (Å²) in [5.41, 5.74) is 0. The Kier molecular flexibility index (Phi) is 1.92. The maximum absolute atomic E-state index is 10.8. The summed E-state index contributed by atoms with van der Waals surface area (Å²) >= 11 is 0. The maximum atomic E-state index is 10.8. The number of rotatable bonds is 0. The summed E-state index contributed by atoms with van der Waals surface area (Å²) < 4.78 is 5.48. The molecule has 68 valence electrons. The van der Waals surface area contributed by atoms with Crippen molar-refractivity contribution in [2.75, 3.05) is 13.2 Å². The van der Waals surface area contributed by atoms with E-state index in [-0.39, 0.29) is 12.1 Å². The third-order valence-electron chi connectivity index (χ3n) is 2.73. The Bertz CT molecular complexity index is 195. The quantitative estimate of drug-likeness (QED) is 0.589. The minimum atomic E-state index is -0.796. The molecular weight excluding hydrogens is 158 g/mol. The van der Waals surface area contributed by atoms with Crippen molar-refractivity contribution in [3.8, 4) is 0 Å². The first-order valence-corrected chi connectivity index (χ1v) is 4.40. The van der Waals surface area contributed by atoms with Gasteiger partial charge in [-0.3, -0.25) is 0 Å². The van der Waals surface area contributed by atoms with Crippen molar-refractivity contribution in [3.05, 3.63) is 0 Å². The Labute approximate surface area is 71.1 Å². The number of morpholine rings is 1. The molecule has 0 bridgehead atoms. The molecule has 1 aliphatic heterocycles. The lowest BCUT2D eigenvalue weighted by molar-refractivity contribution is -0.0461. The summed E-state index contributed by atoms with van der Waals surface area (Å²) in [6.45, 7) is 1.10. The molecule has 1 saturated heterocycles. The Hall–Kier alpha value is -0.770. The minimum Gasteiger partial charge on any atom is -0.465 e. The third-order valence-corrected chi connectivity index (χ3v) is 2.73. The highest BCUT2D eigenvalue weighted by Crippen LogP contribution is 2.29. The SMILES string of the molecule is O=C(O)N1CCOC2CCCC21. The fraction of sp³-hybridized carbons (Fsp3) is 0.875. The van der Waals surface area contributed by atoms with Crippen molar-refractivity contribution in [2.45, 2.75) is 31.4 Å². The van der Waals surface area contributed by atoms with Gasteiger partial charge < -0.3 is 14.7 Å². The average molecular weight is 171 g/mol. The molecule has 1 aliphatic carbocycles. The second-order valence-electron chi connectivity index (χ2n) is 3.38. The maximum Gasteiger partial charge on any atom is 0.407 e. The van der Waals surface area contributed by atoms with E-state index in [9.17, 15) is 4.79 Å². The van der Waals surface area contributed by atoms with Crippen molar-refractivity contribution in [2.24, 2.45) is 0 Å². The molecule has 0 aromatic carbocycles. The first kappa shape index (κ1) is 7.86. The van der Waals surface area contributed by atoms with E-state index < -0.39 is 6.09 Å². The van der Waals surface area contributed by atoms with Crippen LogP contribution in [0.1, 0.15) is 19.3 Å². The molecule has 0 spiro atoms. The minimum absolute atomic E-state index is 0.135. The fourth-order valence-electron chi connectivity index (χ4n) is 2.16. The highest BCUT2D eigenvalue weighted by molar-refractivity contribution is 5.65. The van der Waals surface area contributed by atoms with E-state index in [1.165, 1.54) is 4.90 Å². The molecule has 4 nitrogen and oxygen atoms in total. The molecule has 1 amide bonds. The van der Waals surface area contributed by atoms with Crippen LogP contribution in [0.5, 0.6) is 0 Å². The van der Waals surface area contributed by atoms with Gasteiger partial charge in [-0.2, -0.15) is 0 Å². The average Bonchev–Trinajstić information content (AvgIpc) is 2.49. The largest absolute Gasteiger partial charge is 0.465 e. The van der Waals surface area contributed by atoms with Crippen molar-refractivity contribution < 1.29 is 14.6 Å². The predicted octanol–water partition coefficient (Wildman–Crippen LogP) is 0.918. The van der Waals surface area contributed by atoms with Gasteiger partial charge in [-0.15, -0.1) is 0 Å². The zero-order chi connectivity index (χ0) is 8.55. The van der Waals surface area contributed by atoms with Crippen LogP contribution >= 0.6 is 0 Å². The molecule has 1 N–H and O–H groups in total. The number of hydrogen-bond acceptors (Lipinski definition) is 2. The standard InChI is InChI=1S/C8H13NO3/c10-8(11)9-4-5-12-7-3-1-2-6(7)9/h6-7H,1-5H2,(H,10,11). The number of fused-ring (bicyclic) bond motifs is 1. The van der Waals surface area contributed by atoms with Crippen molar-refractivity contribution in [3.63, 3.8) is 0 Å². The normalized spacial score (nSPS) is 34.8. The lowest BCUT2D eigenvalue weighted by Crippen LogP contribution is -2.50. The van der Waals surface area contributed by atoms with Gasteiger partial charge in [0.05, 0.1) is 18.8 Å². The van der Waals surface area contributed by atoms with Gasteiger partial charge in [0.15, 0.2) is 0 Å². The fourth-order valence-corrected chi connectivity index (χ4v) is 2.16. The molecular formula is C8H13NO3. The van der Waals surface area contributed by atoms with Crippen LogP contribution in [0.4, 0.5) is 4.79 Å². The number of carbonyl (C=O) groups is 1. The summed E-state index contributed by atoms with van der Waals surface area (Å²) in [5, 5.41) is 8.86. The number of amides is 1. The molecule has 12 heavy (non-hydrogen) atoms. The van der Waals surface area contributed by atoms with Gasteiger partial charge in [-0.1, -0.05) is 0 Å². The zero-order valence-corrected chi connectivity index (χ0v) is 6.90. The van der Waals surface area contributed by atoms with Crippen LogP contribution in [0.15, 0.2) is 0 Å². The van der Waals surface area contributed by atoms with Gasteiger partial charge in [-0.25, -0.2) is 4.79 Å². The summed E-state index contributed by atoms with van der Waals surface area (Å²) in [6.07, 6.45) is 2.47. The smallest absolute Gasteiger partial charge is 0.407 e. The second kappa shape index (κ2) is 2.94. The highest BCUT2D eigenvalue weighted by atomic mass is 16.5. The number of ether oxygens (including phenoxy) is 1. The van der Waals surface area contributed by atoms with E-state index in [0.29, 0.717) is 13.2 Å². The summed E-state index contributed by atoms with van der Waals surface area (Å²) in [7, 11) is 0. The van der Waals surface area contributed by atoms with Gasteiger partial charge in [0.1, 0.15) is 0 Å². The first-order valence-electron chi connectivity index (χ1n) is 4.40. The highest BCUT2D eigenvalue weighted by Gasteiger charge is 2.38. The molecule has 0 radical (unpaired) electrons. The Morgan fingerprint density at radius 2 is 2.33 bits per heavy atom. The van der Waals surface area contributed by atoms with Crippen LogP contribution in [-0.2, 0) is 4.74 Å². The summed E-state index contributed by atoms with van der Waals surface area (Å²) in [5.74, 6) is 0. The Morgan fingerprint density at radius 1 is 1.50 bits per heavy atom. The monoisotopic (exact) mass is 171 g/mol. The molecule has 0 aromatic rings. The van der Waals surface area contributed by atoms with E-state index in [2.05, 4.69) is 0 Å². The third kappa shape index (κ3) is 1.16. The van der Waals surface area contributed by atoms with E-state index in [0.717, 1.165) is 19.3 Å². The molecule has 1 saturated carbocycles. The van der Waals surface area contributed by atoms with E-state index >= 15 is 0 Å². The van der Waals surface area contributed by atoms with Crippen LogP contribution < -0.4 is 0 Å². The van der Waals surface area contributed by atoms with Gasteiger partial charge in [0.2, 0.25) is 0 Å². The van der Waals surface area contributed by atoms with Crippen LogP contribution in [0.2, 0.25) is 0 Å². The van der Waals surface area contributed by atoms with Crippen LogP contribution in [-0.4, -0.2) is 41.4 Å². The van der Waals surface area contributed by atoms with Gasteiger partial charge in [-0.05, 0) is 19.3 Å². The molecule has 0 aromatic heterocycles. The zero-order valence-electron chi connectivity index (χ0n) is 6.90. The van der Waals surface area contributed by atoms with E-state index in [1.807, 2.05) is 0 Å². The van der Waals surface area contributed by atoms with E-state index in [1.54, 1.807) is 0 Å². The van der Waals surface area contributed by atoms with Crippen LogP contribution in [0.3, 0.4) is 0 Å². The van der Waals surface area contributed by atoms with Crippen LogP contribution in [0.25, 0.3) is 0 Å². The lowest BCUT2D eigenvalue weighted by atomic mass is 10.1. The summed E-state index contributed by atoms with van der Waals surface area (Å²) in [6, 6.07) is 0.135. The topological polar surface area (TPSA) is 49.8 Å². The van der Waals surface area contributed by atoms with E-state index in [4.69, 9.17) is 9.84 Å². The summed E-state index contributed by atoms with van der Waals surface area (Å²) in [4.78, 5) is 12.3. The van der Waals surface area contributed by atoms with Gasteiger partial charge >= 0.3 is 6.09 Å². The van der Waals surface area contributed by atoms with Crippen molar-refractivity contribution in [1.29, 1.82) is 0 Å². The van der Waals surface area contributed by atoms with Gasteiger partial charge in [0, 0.05) is 6.54 Å². The molecule has 2 unspecified atom stereocenters. The predicted molar refractivity (Wildman–Crippen MR) is 42.1 cm³/mol. The number of carboxylic acid groups (broad SMARTS) is 1. The molecule has 2 fully saturated rings. The van der Waals surface area contributed by atoms with Gasteiger partial charge in [0.25, 0.3) is 0 Å². The first-order chi connectivity index (χ1) is 5.79. The molecule has 1 heterocycles. The second-order valence-corrected chi connectivity index (χ2v) is 3.38. The number of hydrogen-bond donors (Lipinski definition) is 1. The Morgan fingerprint density at radius 3 is 3.08 bits per heavy atom. The lowest BCUT2D eigenvalue weighted by Gasteiger charge is -2.35. The Balaban J connectivity index is 2.08. The molecule has 4 heteroatoms. The molecule has 2 aliphatic rings. The van der Waals surface area contributed by atoms with Crippen molar-refractivity contribution >= 4 is 6.09 Å². The van der Waals surface area contributed by atoms with Crippen LogP contribution in [0, 0.1) is 0 Å².